The third-order valence-corrected chi connectivity index (χ3v) is 0.887. The summed E-state index contributed by atoms with van der Waals surface area (Å²) in [6, 6.07) is 0. The minimum atomic E-state index is -0.0810. The number of nitrogens with zero attached hydrogens (tertiary/aromatic N) is 1. The zero-order chi connectivity index (χ0) is 7.98. The Morgan fingerprint density at radius 1 is 1.60 bits per heavy atom. The average molecular weight is 143 g/mol. The Bertz CT molecular complexity index is 141. The van der Waals surface area contributed by atoms with Crippen LogP contribution >= 0.6 is 0 Å². The molecule has 0 bridgehead atoms. The molecule has 0 radical (unpaired) electrons. The summed E-state index contributed by atoms with van der Waals surface area (Å²) in [6.45, 7) is 6.65. The molecular weight excluding hydrogens is 130 g/mol. The smallest absolute Gasteiger partial charge is 0.253 e. The van der Waals surface area contributed by atoms with Gasteiger partial charge in [0.2, 0.25) is 5.78 Å². The number of Topliss-reactive ketones (excluding diaryl/α,β-unsaturated/α-hetero) is 1. The van der Waals surface area contributed by atoms with Gasteiger partial charge in [-0.1, -0.05) is 13.8 Å². The van der Waals surface area contributed by atoms with Gasteiger partial charge in [-0.05, 0) is 0 Å². The van der Waals surface area contributed by atoms with Gasteiger partial charge in [-0.15, -0.1) is 0 Å². The lowest BCUT2D eigenvalue weighted by molar-refractivity contribution is -0.112. The second-order valence-corrected chi connectivity index (χ2v) is 1.59. The summed E-state index contributed by atoms with van der Waals surface area (Å²) in [7, 11) is 0. The molecule has 0 N–H and O–H groups in total. The van der Waals surface area contributed by atoms with Crippen LogP contribution in [0.5, 0.6) is 0 Å². The Labute approximate surface area is 61.1 Å². The van der Waals surface area contributed by atoms with E-state index in [2.05, 4.69) is 4.99 Å². The van der Waals surface area contributed by atoms with E-state index in [0.717, 1.165) is 0 Å². The molecule has 1 aliphatic heterocycles. The molecule has 0 aromatic heterocycles. The van der Waals surface area contributed by atoms with Crippen LogP contribution in [0.1, 0.15) is 20.8 Å². The topological polar surface area (TPSA) is 38.7 Å². The van der Waals surface area contributed by atoms with Crippen LogP contribution in [0, 0.1) is 0 Å². The Hall–Kier alpha value is -0.860. The highest BCUT2D eigenvalue weighted by molar-refractivity contribution is 6.35. The van der Waals surface area contributed by atoms with Crippen molar-refractivity contribution in [2.24, 2.45) is 4.99 Å². The van der Waals surface area contributed by atoms with Crippen molar-refractivity contribution in [3.63, 3.8) is 0 Å². The first kappa shape index (κ1) is 9.14. The quantitative estimate of drug-likeness (QED) is 0.550. The Morgan fingerprint density at radius 3 is 2.40 bits per heavy atom. The molecule has 0 atom stereocenters. The van der Waals surface area contributed by atoms with E-state index in [9.17, 15) is 4.79 Å². The van der Waals surface area contributed by atoms with E-state index in [1.165, 1.54) is 6.92 Å². The summed E-state index contributed by atoms with van der Waals surface area (Å²) in [6.07, 6.45) is 0. The fourth-order valence-electron chi connectivity index (χ4n) is 0.548. The third kappa shape index (κ3) is 2.62. The van der Waals surface area contributed by atoms with Gasteiger partial charge in [-0.25, -0.2) is 4.99 Å². The molecule has 0 fully saturated rings. The third-order valence-electron chi connectivity index (χ3n) is 0.887. The first-order valence-corrected chi connectivity index (χ1v) is 3.49. The van der Waals surface area contributed by atoms with Crippen LogP contribution in [0.2, 0.25) is 0 Å². The second kappa shape index (κ2) is 4.97. The van der Waals surface area contributed by atoms with Crippen molar-refractivity contribution in [1.82, 2.24) is 0 Å². The predicted octanol–water partition coefficient (Wildman–Crippen LogP) is 1.03. The monoisotopic (exact) mass is 143 g/mol. The van der Waals surface area contributed by atoms with Crippen LogP contribution in [-0.4, -0.2) is 24.8 Å². The van der Waals surface area contributed by atoms with E-state index in [0.29, 0.717) is 13.2 Å². The van der Waals surface area contributed by atoms with Crippen LogP contribution in [-0.2, 0) is 9.53 Å². The largest absolute Gasteiger partial charge is 0.473 e. The van der Waals surface area contributed by atoms with Crippen LogP contribution in [0.4, 0.5) is 0 Å². The molecule has 1 rings (SSSR count). The van der Waals surface area contributed by atoms with Gasteiger partial charge >= 0.3 is 0 Å². The van der Waals surface area contributed by atoms with E-state index in [-0.39, 0.29) is 11.7 Å². The molecule has 10 heavy (non-hydrogen) atoms. The summed E-state index contributed by atoms with van der Waals surface area (Å²) >= 11 is 0. The highest BCUT2D eigenvalue weighted by Crippen LogP contribution is 1.93. The fraction of sp³-hybridized carbons (Fsp3) is 0.714. The van der Waals surface area contributed by atoms with E-state index >= 15 is 0 Å². The first-order valence-electron chi connectivity index (χ1n) is 3.49. The number of carbonyl (C=O) groups excluding carboxylic acids is 1. The number of carbonyl (C=O) groups is 1. The molecule has 0 spiro atoms. The molecule has 0 aromatic rings. The Balaban J connectivity index is 0.000000371. The van der Waals surface area contributed by atoms with Crippen molar-refractivity contribution in [1.29, 1.82) is 0 Å². The van der Waals surface area contributed by atoms with Crippen LogP contribution in [0.25, 0.3) is 0 Å². The number of hydrogen-bond donors (Lipinski definition) is 0. The highest BCUT2D eigenvalue weighted by Gasteiger charge is 2.10. The zero-order valence-corrected chi connectivity index (χ0v) is 6.68. The summed E-state index contributed by atoms with van der Waals surface area (Å²) in [5.74, 6) is 0.201. The van der Waals surface area contributed by atoms with Gasteiger partial charge in [0, 0.05) is 6.92 Å². The molecule has 0 saturated heterocycles. The van der Waals surface area contributed by atoms with Gasteiger partial charge in [0.25, 0.3) is 5.90 Å². The molecule has 1 heterocycles. The summed E-state index contributed by atoms with van der Waals surface area (Å²) in [5, 5.41) is 0. The van der Waals surface area contributed by atoms with Crippen molar-refractivity contribution in [2.45, 2.75) is 20.8 Å². The molecular formula is C7H13NO2. The van der Waals surface area contributed by atoms with Crippen molar-refractivity contribution in [2.75, 3.05) is 13.2 Å². The minimum Gasteiger partial charge on any atom is -0.473 e. The van der Waals surface area contributed by atoms with Gasteiger partial charge < -0.3 is 4.74 Å². The number of hydrogen-bond acceptors (Lipinski definition) is 3. The molecule has 3 nitrogen and oxygen atoms in total. The number of aliphatic imine (C=N–C) groups is 1. The zero-order valence-electron chi connectivity index (χ0n) is 6.68. The van der Waals surface area contributed by atoms with Gasteiger partial charge in [0.05, 0.1) is 6.54 Å². The Morgan fingerprint density at radius 2 is 2.20 bits per heavy atom. The normalized spacial score (nSPS) is 14.5. The van der Waals surface area contributed by atoms with E-state index in [1.807, 2.05) is 13.8 Å². The van der Waals surface area contributed by atoms with E-state index in [1.54, 1.807) is 0 Å². The predicted molar refractivity (Wildman–Crippen MR) is 40.3 cm³/mol. The fourth-order valence-corrected chi connectivity index (χ4v) is 0.548. The SMILES string of the molecule is CC.CC(=O)C1=NCCO1. The maximum Gasteiger partial charge on any atom is 0.253 e. The first-order chi connectivity index (χ1) is 4.80. The molecule has 1 aliphatic rings. The molecule has 0 aliphatic carbocycles. The molecule has 0 unspecified atom stereocenters. The maximum atomic E-state index is 10.4. The van der Waals surface area contributed by atoms with Crippen molar-refractivity contribution in [3.8, 4) is 0 Å². The van der Waals surface area contributed by atoms with Crippen molar-refractivity contribution in [3.05, 3.63) is 0 Å². The number of ether oxygens (including phenoxy) is 1. The second-order valence-electron chi connectivity index (χ2n) is 1.59. The summed E-state index contributed by atoms with van der Waals surface area (Å²) in [5.41, 5.74) is 0. The molecule has 0 aromatic carbocycles. The van der Waals surface area contributed by atoms with Gasteiger partial charge in [0.15, 0.2) is 0 Å². The minimum absolute atomic E-state index is 0.0810. The van der Waals surface area contributed by atoms with Crippen LogP contribution in [0.3, 0.4) is 0 Å². The van der Waals surface area contributed by atoms with E-state index < -0.39 is 0 Å². The lowest BCUT2D eigenvalue weighted by atomic mass is 10.5. The Kier molecular flexibility index (Phi) is 4.54. The molecule has 3 heteroatoms. The average Bonchev–Trinajstić information content (AvgIpc) is 2.42. The highest BCUT2D eigenvalue weighted by atomic mass is 16.5. The standard InChI is InChI=1S/C5H7NO2.C2H6/c1-4(7)5-6-2-3-8-5;1-2/h2-3H2,1H3;1-2H3. The summed E-state index contributed by atoms with van der Waals surface area (Å²) in [4.78, 5) is 14.2. The van der Waals surface area contributed by atoms with Crippen LogP contribution in [0.15, 0.2) is 4.99 Å². The maximum absolute atomic E-state index is 10.4. The molecule has 0 saturated carbocycles. The van der Waals surface area contributed by atoms with Gasteiger partial charge in [-0.2, -0.15) is 0 Å². The van der Waals surface area contributed by atoms with E-state index in [4.69, 9.17) is 4.74 Å². The molecule has 0 amide bonds. The summed E-state index contributed by atoms with van der Waals surface area (Å²) < 4.78 is 4.81. The van der Waals surface area contributed by atoms with Crippen molar-refractivity contribution >= 4 is 11.7 Å². The van der Waals surface area contributed by atoms with Crippen LogP contribution < -0.4 is 0 Å². The number of ketones is 1. The van der Waals surface area contributed by atoms with Gasteiger partial charge in [-0.3, -0.25) is 4.79 Å². The van der Waals surface area contributed by atoms with Gasteiger partial charge in [0.1, 0.15) is 6.61 Å². The number of rotatable bonds is 1. The lowest BCUT2D eigenvalue weighted by Gasteiger charge is -1.91. The molecule has 58 valence electrons. The van der Waals surface area contributed by atoms with Crippen molar-refractivity contribution < 1.29 is 9.53 Å². The lowest BCUT2D eigenvalue weighted by Crippen LogP contribution is -2.08.